The van der Waals surface area contributed by atoms with E-state index in [0.29, 0.717) is 22.9 Å². The molecule has 0 amide bonds. The summed E-state index contributed by atoms with van der Waals surface area (Å²) in [6.07, 6.45) is 0. The molecule has 2 aromatic carbocycles. The molecule has 1 N–H and O–H groups in total. The number of sulfonamides is 1. The number of aromatic nitrogens is 3. The van der Waals surface area contributed by atoms with Crippen LogP contribution < -0.4 is 10.5 Å². The molecule has 0 aliphatic rings. The SMILES string of the molecule is Cc1nc(Cn2c(=O)oc3cc(S(=O)(=O)Nc4ccccc4C)ccc32)no1. The number of oxazole rings is 1. The van der Waals surface area contributed by atoms with Gasteiger partial charge in [0.25, 0.3) is 10.0 Å². The number of para-hydroxylation sites is 1. The molecule has 10 heteroatoms. The normalized spacial score (nSPS) is 11.8. The Morgan fingerprint density at radius 2 is 1.93 bits per heavy atom. The van der Waals surface area contributed by atoms with Gasteiger partial charge in [0.15, 0.2) is 11.4 Å². The fourth-order valence-corrected chi connectivity index (χ4v) is 3.95. The van der Waals surface area contributed by atoms with Crippen LogP contribution in [0.4, 0.5) is 5.69 Å². The Morgan fingerprint density at radius 1 is 1.14 bits per heavy atom. The number of benzene rings is 2. The van der Waals surface area contributed by atoms with Crippen LogP contribution in [0.1, 0.15) is 17.3 Å². The molecule has 0 fully saturated rings. The minimum atomic E-state index is -3.85. The summed E-state index contributed by atoms with van der Waals surface area (Å²) in [6, 6.07) is 11.3. The van der Waals surface area contributed by atoms with Crippen molar-refractivity contribution >= 4 is 26.8 Å². The lowest BCUT2D eigenvalue weighted by molar-refractivity contribution is 0.385. The molecule has 0 unspecified atom stereocenters. The first-order chi connectivity index (χ1) is 13.3. The molecule has 2 heterocycles. The molecule has 2 aromatic heterocycles. The van der Waals surface area contributed by atoms with Crippen LogP contribution in [0.3, 0.4) is 0 Å². The van der Waals surface area contributed by atoms with Gasteiger partial charge in [0.1, 0.15) is 0 Å². The summed E-state index contributed by atoms with van der Waals surface area (Å²) in [5.74, 6) is 0.0607. The van der Waals surface area contributed by atoms with Crippen molar-refractivity contribution in [2.45, 2.75) is 25.3 Å². The molecule has 28 heavy (non-hydrogen) atoms. The first-order valence-electron chi connectivity index (χ1n) is 8.34. The average Bonchev–Trinajstić information content (AvgIpc) is 3.20. The largest absolute Gasteiger partial charge is 0.420 e. The van der Waals surface area contributed by atoms with Crippen LogP contribution in [-0.2, 0) is 16.6 Å². The van der Waals surface area contributed by atoms with E-state index in [2.05, 4.69) is 14.9 Å². The summed E-state index contributed by atoms with van der Waals surface area (Å²) in [4.78, 5) is 16.2. The van der Waals surface area contributed by atoms with Crippen molar-refractivity contribution in [2.75, 3.05) is 4.72 Å². The third kappa shape index (κ3) is 3.29. The van der Waals surface area contributed by atoms with Crippen molar-refractivity contribution < 1.29 is 17.4 Å². The summed E-state index contributed by atoms with van der Waals surface area (Å²) in [7, 11) is -3.85. The second-order valence-electron chi connectivity index (χ2n) is 6.23. The van der Waals surface area contributed by atoms with Gasteiger partial charge < -0.3 is 8.94 Å². The lowest BCUT2D eigenvalue weighted by atomic mass is 10.2. The van der Waals surface area contributed by atoms with Gasteiger partial charge in [-0.2, -0.15) is 4.98 Å². The van der Waals surface area contributed by atoms with Gasteiger partial charge in [-0.15, -0.1) is 0 Å². The number of nitrogens with zero attached hydrogens (tertiary/aromatic N) is 3. The fraction of sp³-hybridized carbons (Fsp3) is 0.167. The maximum atomic E-state index is 12.7. The number of fused-ring (bicyclic) bond motifs is 1. The summed E-state index contributed by atoms with van der Waals surface area (Å²) >= 11 is 0. The van der Waals surface area contributed by atoms with E-state index in [0.717, 1.165) is 5.56 Å². The maximum absolute atomic E-state index is 12.7. The lowest BCUT2D eigenvalue weighted by Gasteiger charge is -2.10. The van der Waals surface area contributed by atoms with E-state index < -0.39 is 15.8 Å². The third-order valence-corrected chi connectivity index (χ3v) is 5.57. The number of hydrogen-bond donors (Lipinski definition) is 1. The molecular weight excluding hydrogens is 384 g/mol. The van der Waals surface area contributed by atoms with Crippen molar-refractivity contribution in [1.82, 2.24) is 14.7 Å². The van der Waals surface area contributed by atoms with E-state index in [1.807, 2.05) is 6.07 Å². The zero-order valence-electron chi connectivity index (χ0n) is 15.0. The topological polar surface area (TPSA) is 120 Å². The van der Waals surface area contributed by atoms with E-state index in [-0.39, 0.29) is 17.0 Å². The predicted octanol–water partition coefficient (Wildman–Crippen LogP) is 2.44. The molecule has 0 aliphatic carbocycles. The van der Waals surface area contributed by atoms with Crippen LogP contribution in [0.5, 0.6) is 0 Å². The van der Waals surface area contributed by atoms with Crippen LogP contribution >= 0.6 is 0 Å². The molecule has 4 aromatic rings. The van der Waals surface area contributed by atoms with Gasteiger partial charge in [0, 0.05) is 13.0 Å². The first-order valence-corrected chi connectivity index (χ1v) is 9.83. The summed E-state index contributed by atoms with van der Waals surface area (Å²) in [5, 5.41) is 3.76. The Labute approximate surface area is 159 Å². The van der Waals surface area contributed by atoms with Crippen LogP contribution in [0.25, 0.3) is 11.1 Å². The van der Waals surface area contributed by atoms with Gasteiger partial charge in [-0.05, 0) is 30.7 Å². The predicted molar refractivity (Wildman–Crippen MR) is 101 cm³/mol. The number of rotatable bonds is 5. The van der Waals surface area contributed by atoms with Crippen molar-refractivity contribution in [3.05, 3.63) is 70.3 Å². The van der Waals surface area contributed by atoms with Crippen LogP contribution in [0.2, 0.25) is 0 Å². The highest BCUT2D eigenvalue weighted by Crippen LogP contribution is 2.23. The highest BCUT2D eigenvalue weighted by atomic mass is 32.2. The van der Waals surface area contributed by atoms with Crippen molar-refractivity contribution in [1.29, 1.82) is 0 Å². The van der Waals surface area contributed by atoms with Crippen LogP contribution in [0.15, 0.2) is 61.1 Å². The van der Waals surface area contributed by atoms with E-state index in [1.54, 1.807) is 32.0 Å². The third-order valence-electron chi connectivity index (χ3n) is 4.21. The number of nitrogens with one attached hydrogen (secondary N) is 1. The maximum Gasteiger partial charge on any atom is 0.420 e. The number of aryl methyl sites for hydroxylation is 2. The lowest BCUT2D eigenvalue weighted by Crippen LogP contribution is -2.16. The Morgan fingerprint density at radius 3 is 2.64 bits per heavy atom. The quantitative estimate of drug-likeness (QED) is 0.546. The minimum Gasteiger partial charge on any atom is -0.408 e. The van der Waals surface area contributed by atoms with Gasteiger partial charge in [-0.1, -0.05) is 23.4 Å². The average molecular weight is 400 g/mol. The second kappa shape index (κ2) is 6.64. The fourth-order valence-electron chi connectivity index (χ4n) is 2.80. The molecule has 0 bridgehead atoms. The monoisotopic (exact) mass is 400 g/mol. The molecule has 0 spiro atoms. The molecule has 144 valence electrons. The molecule has 4 rings (SSSR count). The number of anilines is 1. The van der Waals surface area contributed by atoms with E-state index in [1.165, 1.54) is 22.8 Å². The Balaban J connectivity index is 1.70. The number of hydrogen-bond acceptors (Lipinski definition) is 7. The zero-order chi connectivity index (χ0) is 19.9. The summed E-state index contributed by atoms with van der Waals surface area (Å²) < 4.78 is 39.4. The van der Waals surface area contributed by atoms with Gasteiger partial charge in [0.05, 0.1) is 22.6 Å². The molecule has 0 radical (unpaired) electrons. The smallest absolute Gasteiger partial charge is 0.408 e. The molecule has 0 saturated heterocycles. The first kappa shape index (κ1) is 18.0. The second-order valence-corrected chi connectivity index (χ2v) is 7.92. The molecule has 0 aliphatic heterocycles. The summed E-state index contributed by atoms with van der Waals surface area (Å²) in [6.45, 7) is 3.50. The molecule has 0 atom stereocenters. The minimum absolute atomic E-state index is 0.0143. The molecule has 9 nitrogen and oxygen atoms in total. The van der Waals surface area contributed by atoms with Gasteiger partial charge in [-0.3, -0.25) is 9.29 Å². The van der Waals surface area contributed by atoms with Crippen molar-refractivity contribution in [3.8, 4) is 0 Å². The summed E-state index contributed by atoms with van der Waals surface area (Å²) in [5.41, 5.74) is 1.86. The highest BCUT2D eigenvalue weighted by Gasteiger charge is 2.19. The van der Waals surface area contributed by atoms with E-state index in [9.17, 15) is 13.2 Å². The van der Waals surface area contributed by atoms with E-state index >= 15 is 0 Å². The van der Waals surface area contributed by atoms with Crippen molar-refractivity contribution in [3.63, 3.8) is 0 Å². The van der Waals surface area contributed by atoms with E-state index in [4.69, 9.17) is 8.94 Å². The van der Waals surface area contributed by atoms with Crippen LogP contribution in [-0.4, -0.2) is 23.1 Å². The van der Waals surface area contributed by atoms with Crippen LogP contribution in [0, 0.1) is 13.8 Å². The van der Waals surface area contributed by atoms with Gasteiger partial charge in [-0.25, -0.2) is 13.2 Å². The Bertz CT molecular complexity index is 1330. The highest BCUT2D eigenvalue weighted by molar-refractivity contribution is 7.92. The zero-order valence-corrected chi connectivity index (χ0v) is 15.9. The molecular formula is C18H16N4O5S. The van der Waals surface area contributed by atoms with Crippen molar-refractivity contribution in [2.24, 2.45) is 0 Å². The van der Waals surface area contributed by atoms with Gasteiger partial charge >= 0.3 is 5.76 Å². The standard InChI is InChI=1S/C18H16N4O5S/c1-11-5-3-4-6-14(11)21-28(24,25)13-7-8-15-16(9-13)26-18(23)22(15)10-17-19-12(2)27-20-17/h3-9,21H,10H2,1-2H3. The Hall–Kier alpha value is -3.40. The van der Waals surface area contributed by atoms with Gasteiger partial charge in [0.2, 0.25) is 5.89 Å². The molecule has 0 saturated carbocycles. The Kier molecular flexibility index (Phi) is 4.27.